The number of hydrogen-bond acceptors (Lipinski definition) is 8. The third-order valence-electron chi connectivity index (χ3n) is 7.95. The highest BCUT2D eigenvalue weighted by Gasteiger charge is 2.67. The zero-order chi connectivity index (χ0) is 29.7. The van der Waals surface area contributed by atoms with Crippen LogP contribution in [-0.4, -0.2) is 61.4 Å². The zero-order valence-electron chi connectivity index (χ0n) is 23.2. The fourth-order valence-corrected chi connectivity index (χ4v) is 5.91. The first-order valence-corrected chi connectivity index (χ1v) is 13.7. The first-order chi connectivity index (χ1) is 20.3. The summed E-state index contributed by atoms with van der Waals surface area (Å²) in [5.74, 6) is -0.746. The summed E-state index contributed by atoms with van der Waals surface area (Å²) in [4.78, 5) is 16.7. The van der Waals surface area contributed by atoms with Gasteiger partial charge in [-0.05, 0) is 16.7 Å². The van der Waals surface area contributed by atoms with Crippen molar-refractivity contribution in [3.63, 3.8) is 0 Å². The SMILES string of the molecule is COC(=O)c1ncn([C@@H]2O[C@H](C(O)Cc3ccccc3)[C@](O)(Cc3ccccc3)[C@@]2(O)Cc2ccccc2)c1CC#N. The predicted molar refractivity (Wildman–Crippen MR) is 153 cm³/mol. The lowest BCUT2D eigenvalue weighted by Gasteiger charge is -2.42. The van der Waals surface area contributed by atoms with Gasteiger partial charge >= 0.3 is 5.97 Å². The number of hydrogen-bond donors (Lipinski definition) is 3. The molecule has 5 rings (SSSR count). The van der Waals surface area contributed by atoms with Gasteiger partial charge in [-0.15, -0.1) is 0 Å². The lowest BCUT2D eigenvalue weighted by molar-refractivity contribution is -0.161. The van der Waals surface area contributed by atoms with Crippen molar-refractivity contribution in [2.24, 2.45) is 0 Å². The van der Waals surface area contributed by atoms with Crippen molar-refractivity contribution in [2.45, 2.75) is 55.3 Å². The van der Waals surface area contributed by atoms with Gasteiger partial charge in [0.05, 0.1) is 37.7 Å². The Labute approximate surface area is 244 Å². The minimum absolute atomic E-state index is 0.0453. The summed E-state index contributed by atoms with van der Waals surface area (Å²) in [7, 11) is 1.21. The third-order valence-corrected chi connectivity index (χ3v) is 7.95. The highest BCUT2D eigenvalue weighted by molar-refractivity contribution is 5.88. The van der Waals surface area contributed by atoms with Crippen LogP contribution in [0.15, 0.2) is 97.3 Å². The number of aromatic nitrogens is 2. The minimum Gasteiger partial charge on any atom is -0.464 e. The molecule has 0 saturated carbocycles. The van der Waals surface area contributed by atoms with E-state index in [9.17, 15) is 25.4 Å². The summed E-state index contributed by atoms with van der Waals surface area (Å²) < 4.78 is 12.8. The second kappa shape index (κ2) is 12.3. The molecule has 0 bridgehead atoms. The van der Waals surface area contributed by atoms with E-state index >= 15 is 0 Å². The molecule has 0 radical (unpaired) electrons. The molecule has 5 atom stereocenters. The molecule has 3 N–H and O–H groups in total. The second-order valence-corrected chi connectivity index (χ2v) is 10.6. The Morgan fingerprint density at radius 2 is 1.48 bits per heavy atom. The molecule has 9 nitrogen and oxygen atoms in total. The average molecular weight is 568 g/mol. The summed E-state index contributed by atoms with van der Waals surface area (Å²) in [5.41, 5.74) is -1.73. The van der Waals surface area contributed by atoms with Crippen molar-refractivity contribution < 1.29 is 29.6 Å². The van der Waals surface area contributed by atoms with Crippen LogP contribution in [0.3, 0.4) is 0 Å². The van der Waals surface area contributed by atoms with E-state index < -0.39 is 35.6 Å². The van der Waals surface area contributed by atoms with Crippen molar-refractivity contribution in [3.05, 3.63) is 125 Å². The Hall–Kier alpha value is -4.33. The number of nitriles is 1. The number of rotatable bonds is 10. The smallest absolute Gasteiger partial charge is 0.358 e. The Morgan fingerprint density at radius 1 is 0.952 bits per heavy atom. The number of methoxy groups -OCH3 is 1. The van der Waals surface area contributed by atoms with Gasteiger partial charge in [0.2, 0.25) is 0 Å². The van der Waals surface area contributed by atoms with Crippen LogP contribution >= 0.6 is 0 Å². The van der Waals surface area contributed by atoms with Gasteiger partial charge in [0.1, 0.15) is 17.3 Å². The van der Waals surface area contributed by atoms with Crippen molar-refractivity contribution in [1.82, 2.24) is 9.55 Å². The van der Waals surface area contributed by atoms with E-state index in [4.69, 9.17) is 9.47 Å². The molecule has 4 aromatic rings. The Morgan fingerprint density at radius 3 is 2.00 bits per heavy atom. The fraction of sp³-hybridized carbons (Fsp3) is 0.303. The van der Waals surface area contributed by atoms with Crippen LogP contribution < -0.4 is 0 Å². The summed E-state index contributed by atoms with van der Waals surface area (Å²) >= 11 is 0. The van der Waals surface area contributed by atoms with Gasteiger partial charge in [-0.2, -0.15) is 5.26 Å². The average Bonchev–Trinajstić information content (AvgIpc) is 3.50. The van der Waals surface area contributed by atoms with Crippen LogP contribution in [0.1, 0.15) is 39.1 Å². The van der Waals surface area contributed by atoms with E-state index in [1.54, 1.807) is 0 Å². The maximum Gasteiger partial charge on any atom is 0.358 e. The quantitative estimate of drug-likeness (QED) is 0.249. The van der Waals surface area contributed by atoms with E-state index in [-0.39, 0.29) is 37.1 Å². The number of esters is 1. The van der Waals surface area contributed by atoms with Crippen LogP contribution in [0.4, 0.5) is 0 Å². The standard InChI is InChI=1S/C33H33N3O6/c1-41-30(38)28-26(17-18-34)36(22-35-28)31-33(40,21-25-15-9-4-10-16-25)32(39,20-24-13-7-3-8-14-24)29(42-31)27(37)19-23-11-5-2-6-12-23/h2-16,22,27,29,31,37,39-40H,17,19-21H2,1H3/t27?,29-,31-,32-,33-/m1/s1. The number of aliphatic hydroxyl groups excluding tert-OH is 1. The predicted octanol–water partition coefficient (Wildman–Crippen LogP) is 3.18. The molecule has 42 heavy (non-hydrogen) atoms. The van der Waals surface area contributed by atoms with Crippen LogP contribution in [-0.2, 0) is 35.2 Å². The highest BCUT2D eigenvalue weighted by atomic mass is 16.6. The lowest BCUT2D eigenvalue weighted by Crippen LogP contribution is -2.62. The van der Waals surface area contributed by atoms with E-state index in [1.807, 2.05) is 97.1 Å². The summed E-state index contributed by atoms with van der Waals surface area (Å²) in [6.07, 6.45) is -2.71. The number of aliphatic hydroxyl groups is 3. The summed E-state index contributed by atoms with van der Waals surface area (Å²) in [6.45, 7) is 0. The summed E-state index contributed by atoms with van der Waals surface area (Å²) in [6, 6.07) is 29.7. The first kappa shape index (κ1) is 29.2. The second-order valence-electron chi connectivity index (χ2n) is 10.6. The Bertz CT molecular complexity index is 1540. The largest absolute Gasteiger partial charge is 0.464 e. The fourth-order valence-electron chi connectivity index (χ4n) is 5.91. The number of carbonyl (C=O) groups is 1. The van der Waals surface area contributed by atoms with Crippen molar-refractivity contribution in [3.8, 4) is 6.07 Å². The van der Waals surface area contributed by atoms with Crippen LogP contribution in [0.25, 0.3) is 0 Å². The van der Waals surface area contributed by atoms with Gasteiger partial charge in [-0.3, -0.25) is 0 Å². The molecule has 0 spiro atoms. The molecular weight excluding hydrogens is 534 g/mol. The lowest BCUT2D eigenvalue weighted by atomic mass is 9.71. The van der Waals surface area contributed by atoms with Gasteiger partial charge in [0.25, 0.3) is 0 Å². The van der Waals surface area contributed by atoms with Gasteiger partial charge < -0.3 is 29.4 Å². The van der Waals surface area contributed by atoms with Crippen LogP contribution in [0.5, 0.6) is 0 Å². The van der Waals surface area contributed by atoms with Gasteiger partial charge in [-0.25, -0.2) is 9.78 Å². The summed E-state index contributed by atoms with van der Waals surface area (Å²) in [5, 5.41) is 46.8. The third kappa shape index (κ3) is 5.45. The van der Waals surface area contributed by atoms with Crippen molar-refractivity contribution in [2.75, 3.05) is 7.11 Å². The maximum absolute atomic E-state index is 12.8. The van der Waals surface area contributed by atoms with Crippen LogP contribution in [0.2, 0.25) is 0 Å². The molecule has 1 aliphatic heterocycles. The highest BCUT2D eigenvalue weighted by Crippen LogP contribution is 2.51. The molecule has 9 heteroatoms. The zero-order valence-corrected chi connectivity index (χ0v) is 23.2. The minimum atomic E-state index is -2.05. The maximum atomic E-state index is 12.8. The van der Waals surface area contributed by atoms with Crippen LogP contribution in [0, 0.1) is 11.3 Å². The topological polar surface area (TPSA) is 138 Å². The molecule has 1 aliphatic rings. The van der Waals surface area contributed by atoms with E-state index in [2.05, 4.69) is 4.98 Å². The molecule has 1 saturated heterocycles. The molecular formula is C33H33N3O6. The Kier molecular flexibility index (Phi) is 8.52. The van der Waals surface area contributed by atoms with Crippen molar-refractivity contribution >= 4 is 5.97 Å². The number of ether oxygens (including phenoxy) is 2. The van der Waals surface area contributed by atoms with E-state index in [1.165, 1.54) is 18.0 Å². The van der Waals surface area contributed by atoms with Gasteiger partial charge in [0.15, 0.2) is 11.9 Å². The normalized spacial score (nSPS) is 24.2. The number of imidazole rings is 1. The molecule has 0 amide bonds. The molecule has 2 heterocycles. The molecule has 1 aromatic heterocycles. The number of carbonyl (C=O) groups excluding carboxylic acids is 1. The van der Waals surface area contributed by atoms with Gasteiger partial charge in [0, 0.05) is 19.3 Å². The molecule has 216 valence electrons. The monoisotopic (exact) mass is 567 g/mol. The van der Waals surface area contributed by atoms with Crippen molar-refractivity contribution in [1.29, 1.82) is 5.26 Å². The van der Waals surface area contributed by atoms with E-state index in [0.29, 0.717) is 5.56 Å². The molecule has 1 unspecified atom stereocenters. The molecule has 0 aliphatic carbocycles. The van der Waals surface area contributed by atoms with E-state index in [0.717, 1.165) is 11.1 Å². The first-order valence-electron chi connectivity index (χ1n) is 13.7. The molecule has 3 aromatic carbocycles. The number of nitrogens with zero attached hydrogens (tertiary/aromatic N) is 3. The molecule has 1 fully saturated rings. The number of benzene rings is 3. The Balaban J connectivity index is 1.68. The van der Waals surface area contributed by atoms with Gasteiger partial charge in [-0.1, -0.05) is 91.0 Å².